The zero-order chi connectivity index (χ0) is 19.1. The average Bonchev–Trinajstić information content (AvgIpc) is 2.69. The predicted octanol–water partition coefficient (Wildman–Crippen LogP) is 4.97. The summed E-state index contributed by atoms with van der Waals surface area (Å²) in [5.74, 6) is 1.11. The molecule has 0 saturated heterocycles. The molecule has 1 N–H and O–H groups in total. The average molecular weight is 378 g/mol. The number of hydrogen-bond acceptors (Lipinski definition) is 4. The van der Waals surface area contributed by atoms with Gasteiger partial charge in [-0.1, -0.05) is 23.7 Å². The van der Waals surface area contributed by atoms with Crippen molar-refractivity contribution in [1.82, 2.24) is 4.98 Å². The van der Waals surface area contributed by atoms with Gasteiger partial charge in [-0.3, -0.25) is 4.79 Å². The molecule has 0 aliphatic heterocycles. The van der Waals surface area contributed by atoms with Gasteiger partial charge in [-0.15, -0.1) is 0 Å². The van der Waals surface area contributed by atoms with Crippen LogP contribution in [-0.4, -0.2) is 10.9 Å². The molecule has 0 fully saturated rings. The molecule has 3 rings (SSSR count). The number of pyridine rings is 1. The lowest BCUT2D eigenvalue weighted by Gasteiger charge is -2.08. The van der Waals surface area contributed by atoms with E-state index in [0.29, 0.717) is 40.7 Å². The minimum Gasteiger partial charge on any atom is -0.457 e. The third kappa shape index (κ3) is 5.56. The van der Waals surface area contributed by atoms with E-state index in [4.69, 9.17) is 21.6 Å². The molecule has 0 atom stereocenters. The summed E-state index contributed by atoms with van der Waals surface area (Å²) in [6.45, 7) is 0. The van der Waals surface area contributed by atoms with E-state index in [1.165, 1.54) is 6.20 Å². The molecule has 3 aromatic rings. The van der Waals surface area contributed by atoms with E-state index in [2.05, 4.69) is 10.3 Å². The maximum atomic E-state index is 12.1. The van der Waals surface area contributed by atoms with Crippen molar-refractivity contribution in [2.45, 2.75) is 12.8 Å². The number of nitriles is 1. The molecule has 0 spiro atoms. The Morgan fingerprint density at radius 2 is 1.89 bits per heavy atom. The molecule has 1 aromatic heterocycles. The van der Waals surface area contributed by atoms with Crippen LogP contribution >= 0.6 is 11.6 Å². The third-order valence-electron chi connectivity index (χ3n) is 3.75. The Labute approximate surface area is 162 Å². The third-order valence-corrected chi connectivity index (χ3v) is 4.00. The van der Waals surface area contributed by atoms with Crippen LogP contribution in [0.15, 0.2) is 66.9 Å². The van der Waals surface area contributed by atoms with Gasteiger partial charge in [0.1, 0.15) is 23.3 Å². The highest BCUT2D eigenvalue weighted by molar-refractivity contribution is 6.30. The van der Waals surface area contributed by atoms with Crippen molar-refractivity contribution in [2.75, 3.05) is 5.32 Å². The lowest BCUT2D eigenvalue weighted by Crippen LogP contribution is -2.12. The summed E-state index contributed by atoms with van der Waals surface area (Å²) in [5.41, 5.74) is 1.99. The van der Waals surface area contributed by atoms with Gasteiger partial charge in [0.05, 0.1) is 0 Å². The zero-order valence-electron chi connectivity index (χ0n) is 14.4. The molecule has 0 bridgehead atoms. The molecule has 134 valence electrons. The van der Waals surface area contributed by atoms with Gasteiger partial charge < -0.3 is 10.1 Å². The maximum absolute atomic E-state index is 12.1. The Hall–Kier alpha value is -3.36. The minimum atomic E-state index is -0.0727. The van der Waals surface area contributed by atoms with E-state index in [9.17, 15) is 4.79 Å². The molecule has 1 amide bonds. The van der Waals surface area contributed by atoms with Crippen LogP contribution in [0.5, 0.6) is 11.5 Å². The minimum absolute atomic E-state index is 0.0727. The summed E-state index contributed by atoms with van der Waals surface area (Å²) in [4.78, 5) is 16.0. The highest BCUT2D eigenvalue weighted by atomic mass is 35.5. The fraction of sp³-hybridized carbons (Fsp3) is 0.0952. The smallest absolute Gasteiger partial charge is 0.224 e. The highest BCUT2D eigenvalue weighted by Crippen LogP contribution is 2.23. The summed E-state index contributed by atoms with van der Waals surface area (Å²) >= 11 is 5.84. The number of carbonyl (C=O) groups excluding carboxylic acids is 1. The van der Waals surface area contributed by atoms with Crippen LogP contribution in [0.1, 0.15) is 17.7 Å². The SMILES string of the molecule is N#Cc1cc(Oc2cccc(CCC(=O)Nc3ccc(Cl)cc3)c2)ccn1. The van der Waals surface area contributed by atoms with Crippen LogP contribution in [0.2, 0.25) is 5.02 Å². The molecule has 6 heteroatoms. The molecule has 2 aromatic carbocycles. The molecule has 27 heavy (non-hydrogen) atoms. The lowest BCUT2D eigenvalue weighted by molar-refractivity contribution is -0.116. The van der Waals surface area contributed by atoms with Crippen molar-refractivity contribution in [1.29, 1.82) is 5.26 Å². The summed E-state index contributed by atoms with van der Waals surface area (Å²) in [6, 6.07) is 19.7. The summed E-state index contributed by atoms with van der Waals surface area (Å²) < 4.78 is 5.77. The Morgan fingerprint density at radius 3 is 2.67 bits per heavy atom. The fourth-order valence-corrected chi connectivity index (χ4v) is 2.58. The van der Waals surface area contributed by atoms with Crippen LogP contribution in [-0.2, 0) is 11.2 Å². The summed E-state index contributed by atoms with van der Waals surface area (Å²) in [5, 5.41) is 12.4. The van der Waals surface area contributed by atoms with Gasteiger partial charge in [-0.25, -0.2) is 4.98 Å². The van der Waals surface area contributed by atoms with Crippen molar-refractivity contribution in [3.63, 3.8) is 0 Å². The number of carbonyl (C=O) groups is 1. The van der Waals surface area contributed by atoms with Crippen LogP contribution in [0, 0.1) is 11.3 Å². The predicted molar refractivity (Wildman–Crippen MR) is 104 cm³/mol. The van der Waals surface area contributed by atoms with Gasteiger partial charge in [-0.2, -0.15) is 5.26 Å². The Morgan fingerprint density at radius 1 is 1.11 bits per heavy atom. The highest BCUT2D eigenvalue weighted by Gasteiger charge is 2.05. The molecule has 0 unspecified atom stereocenters. The zero-order valence-corrected chi connectivity index (χ0v) is 15.1. The van der Waals surface area contributed by atoms with Gasteiger partial charge in [-0.05, 0) is 54.4 Å². The molecule has 1 heterocycles. The van der Waals surface area contributed by atoms with Crippen molar-refractivity contribution in [3.05, 3.63) is 83.1 Å². The lowest BCUT2D eigenvalue weighted by atomic mass is 10.1. The van der Waals surface area contributed by atoms with E-state index in [0.717, 1.165) is 5.56 Å². The number of benzene rings is 2. The van der Waals surface area contributed by atoms with E-state index in [-0.39, 0.29) is 5.91 Å². The Bertz CT molecular complexity index is 981. The molecule has 5 nitrogen and oxygen atoms in total. The molecule has 0 aliphatic carbocycles. The van der Waals surface area contributed by atoms with E-state index in [1.807, 2.05) is 30.3 Å². The monoisotopic (exact) mass is 377 g/mol. The molecule has 0 aliphatic rings. The van der Waals surface area contributed by atoms with Crippen LogP contribution in [0.4, 0.5) is 5.69 Å². The Kier molecular flexibility index (Phi) is 6.03. The molecule has 0 radical (unpaired) electrons. The van der Waals surface area contributed by atoms with E-state index < -0.39 is 0 Å². The van der Waals surface area contributed by atoms with Gasteiger partial charge in [0.2, 0.25) is 5.91 Å². The molecule has 0 saturated carbocycles. The number of aromatic nitrogens is 1. The van der Waals surface area contributed by atoms with Crippen molar-refractivity contribution < 1.29 is 9.53 Å². The second-order valence-corrected chi connectivity index (χ2v) is 6.23. The fourth-order valence-electron chi connectivity index (χ4n) is 2.45. The Balaban J connectivity index is 1.58. The molecular formula is C21H16ClN3O2. The topological polar surface area (TPSA) is 75.0 Å². The van der Waals surface area contributed by atoms with Gasteiger partial charge >= 0.3 is 0 Å². The first kappa shape index (κ1) is 18.4. The van der Waals surface area contributed by atoms with E-state index >= 15 is 0 Å². The van der Waals surface area contributed by atoms with Crippen molar-refractivity contribution >= 4 is 23.2 Å². The first-order chi connectivity index (χ1) is 13.1. The number of rotatable bonds is 6. The number of hydrogen-bond donors (Lipinski definition) is 1. The number of halogens is 1. The number of ether oxygens (including phenoxy) is 1. The van der Waals surface area contributed by atoms with Crippen LogP contribution < -0.4 is 10.1 Å². The van der Waals surface area contributed by atoms with Gasteiger partial charge in [0, 0.05) is 29.4 Å². The normalized spacial score (nSPS) is 10.1. The first-order valence-electron chi connectivity index (χ1n) is 8.31. The first-order valence-corrected chi connectivity index (χ1v) is 8.68. The number of amides is 1. The number of anilines is 1. The molecular weight excluding hydrogens is 362 g/mol. The quantitative estimate of drug-likeness (QED) is 0.658. The number of aryl methyl sites for hydroxylation is 1. The number of nitrogens with zero attached hydrogens (tertiary/aromatic N) is 2. The van der Waals surface area contributed by atoms with Gasteiger partial charge in [0.15, 0.2) is 0 Å². The standard InChI is InChI=1S/C21H16ClN3O2/c22-16-5-7-17(8-6-16)25-21(26)9-4-15-2-1-3-19(12-15)27-20-10-11-24-18(13-20)14-23/h1-3,5-8,10-13H,4,9H2,(H,25,26). The van der Waals surface area contributed by atoms with Crippen LogP contribution in [0.3, 0.4) is 0 Å². The van der Waals surface area contributed by atoms with Crippen LogP contribution in [0.25, 0.3) is 0 Å². The summed E-state index contributed by atoms with van der Waals surface area (Å²) in [6.07, 6.45) is 2.45. The second kappa shape index (κ2) is 8.84. The van der Waals surface area contributed by atoms with E-state index in [1.54, 1.807) is 36.4 Å². The maximum Gasteiger partial charge on any atom is 0.224 e. The number of nitrogens with one attached hydrogen (secondary N) is 1. The summed E-state index contributed by atoms with van der Waals surface area (Å²) in [7, 11) is 0. The second-order valence-electron chi connectivity index (χ2n) is 5.79. The van der Waals surface area contributed by atoms with Crippen molar-refractivity contribution in [2.24, 2.45) is 0 Å². The largest absolute Gasteiger partial charge is 0.457 e. The van der Waals surface area contributed by atoms with Crippen molar-refractivity contribution in [3.8, 4) is 17.6 Å². The van der Waals surface area contributed by atoms with Gasteiger partial charge in [0.25, 0.3) is 0 Å².